The zero-order valence-corrected chi connectivity index (χ0v) is 6.32. The maximum atomic E-state index is 11.2. The van der Waals surface area contributed by atoms with Crippen molar-refractivity contribution in [2.24, 2.45) is 9.98 Å². The SMILES string of the molecule is C=c1cccc2c1=NC=NC2=O. The van der Waals surface area contributed by atoms with Crippen LogP contribution in [0.3, 0.4) is 0 Å². The monoisotopic (exact) mass is 158 g/mol. The third-order valence-electron chi connectivity index (χ3n) is 1.71. The summed E-state index contributed by atoms with van der Waals surface area (Å²) in [7, 11) is 0. The summed E-state index contributed by atoms with van der Waals surface area (Å²) in [5, 5.41) is 1.39. The summed E-state index contributed by atoms with van der Waals surface area (Å²) >= 11 is 0. The molecule has 2 rings (SSSR count). The minimum atomic E-state index is -0.245. The third-order valence-corrected chi connectivity index (χ3v) is 1.71. The van der Waals surface area contributed by atoms with Crippen LogP contribution in [0.15, 0.2) is 28.2 Å². The average Bonchev–Trinajstić information content (AvgIpc) is 2.07. The summed E-state index contributed by atoms with van der Waals surface area (Å²) in [5.41, 5.74) is 0.532. The van der Waals surface area contributed by atoms with Gasteiger partial charge in [-0.25, -0.2) is 4.99 Å². The van der Waals surface area contributed by atoms with Crippen LogP contribution in [-0.4, -0.2) is 12.2 Å². The van der Waals surface area contributed by atoms with Crippen molar-refractivity contribution in [3.8, 4) is 0 Å². The fraction of sp³-hybridized carbons (Fsp3) is 0. The van der Waals surface area contributed by atoms with E-state index in [0.29, 0.717) is 10.9 Å². The number of amides is 1. The lowest BCUT2D eigenvalue weighted by Crippen LogP contribution is -2.31. The molecule has 3 nitrogen and oxygen atoms in total. The Hall–Kier alpha value is -1.77. The highest BCUT2D eigenvalue weighted by molar-refractivity contribution is 6.00. The third kappa shape index (κ3) is 0.871. The van der Waals surface area contributed by atoms with Gasteiger partial charge in [0.1, 0.15) is 6.34 Å². The minimum Gasteiger partial charge on any atom is -0.267 e. The minimum absolute atomic E-state index is 0.245. The van der Waals surface area contributed by atoms with Crippen molar-refractivity contribution in [2.75, 3.05) is 0 Å². The van der Waals surface area contributed by atoms with E-state index in [9.17, 15) is 4.79 Å². The molecule has 3 heteroatoms. The van der Waals surface area contributed by atoms with Crippen molar-refractivity contribution in [1.29, 1.82) is 0 Å². The molecular weight excluding hydrogens is 152 g/mol. The van der Waals surface area contributed by atoms with Gasteiger partial charge in [0.2, 0.25) is 0 Å². The maximum absolute atomic E-state index is 11.2. The Bertz CT molecular complexity index is 474. The molecule has 1 aliphatic heterocycles. The predicted molar refractivity (Wildman–Crippen MR) is 45.6 cm³/mol. The molecule has 0 bridgehead atoms. The number of rotatable bonds is 0. The molecule has 1 aromatic carbocycles. The van der Waals surface area contributed by atoms with Gasteiger partial charge in [-0.15, -0.1) is 0 Å². The first-order chi connectivity index (χ1) is 5.79. The number of hydrogen-bond donors (Lipinski definition) is 0. The van der Waals surface area contributed by atoms with E-state index in [4.69, 9.17) is 0 Å². The van der Waals surface area contributed by atoms with Crippen molar-refractivity contribution in [1.82, 2.24) is 0 Å². The van der Waals surface area contributed by atoms with Gasteiger partial charge in [0.25, 0.3) is 5.91 Å². The Morgan fingerprint density at radius 3 is 2.92 bits per heavy atom. The van der Waals surface area contributed by atoms with Crippen molar-refractivity contribution in [3.05, 3.63) is 34.3 Å². The van der Waals surface area contributed by atoms with Crippen molar-refractivity contribution in [3.63, 3.8) is 0 Å². The van der Waals surface area contributed by atoms with Crippen LogP contribution >= 0.6 is 0 Å². The number of benzene rings is 1. The molecule has 0 spiro atoms. The van der Waals surface area contributed by atoms with Crippen LogP contribution in [0.5, 0.6) is 0 Å². The van der Waals surface area contributed by atoms with E-state index in [0.717, 1.165) is 5.22 Å². The van der Waals surface area contributed by atoms with Gasteiger partial charge in [-0.3, -0.25) is 4.79 Å². The van der Waals surface area contributed by atoms with E-state index in [-0.39, 0.29) is 5.91 Å². The van der Waals surface area contributed by atoms with Crippen LogP contribution in [-0.2, 0) is 0 Å². The van der Waals surface area contributed by atoms with Gasteiger partial charge in [0, 0.05) is 0 Å². The van der Waals surface area contributed by atoms with Gasteiger partial charge in [0.05, 0.1) is 10.9 Å². The Morgan fingerprint density at radius 1 is 1.33 bits per heavy atom. The molecule has 0 aliphatic carbocycles. The highest BCUT2D eigenvalue weighted by Gasteiger charge is 2.08. The molecule has 0 saturated heterocycles. The highest BCUT2D eigenvalue weighted by Crippen LogP contribution is 1.94. The molecule has 0 atom stereocenters. The number of carbonyl (C=O) groups excluding carboxylic acids is 1. The van der Waals surface area contributed by atoms with Crippen molar-refractivity contribution < 1.29 is 4.79 Å². The Labute approximate surface area is 68.8 Å². The zero-order chi connectivity index (χ0) is 8.55. The maximum Gasteiger partial charge on any atom is 0.280 e. The molecule has 58 valence electrons. The normalized spacial score (nSPS) is 13.8. The van der Waals surface area contributed by atoms with Gasteiger partial charge in [0.15, 0.2) is 0 Å². The van der Waals surface area contributed by atoms with Gasteiger partial charge < -0.3 is 0 Å². The second kappa shape index (κ2) is 2.37. The molecule has 1 aromatic rings. The Kier molecular flexibility index (Phi) is 1.37. The molecular formula is C9H6N2O. The summed E-state index contributed by atoms with van der Waals surface area (Å²) in [6, 6.07) is 5.29. The van der Waals surface area contributed by atoms with Crippen LogP contribution in [0, 0.1) is 0 Å². The van der Waals surface area contributed by atoms with E-state index in [1.165, 1.54) is 6.34 Å². The molecule has 0 fully saturated rings. The number of nitrogens with zero attached hydrogens (tertiary/aromatic N) is 2. The Balaban J connectivity index is 2.94. The van der Waals surface area contributed by atoms with Crippen LogP contribution in [0.4, 0.5) is 0 Å². The first kappa shape index (κ1) is 6.91. The number of fused-ring (bicyclic) bond motifs is 1. The lowest BCUT2D eigenvalue weighted by Gasteiger charge is -1.99. The fourth-order valence-corrected chi connectivity index (χ4v) is 1.12. The predicted octanol–water partition coefficient (Wildman–Crippen LogP) is -0.101. The first-order valence-electron chi connectivity index (χ1n) is 3.52. The van der Waals surface area contributed by atoms with E-state index >= 15 is 0 Å². The number of carbonyl (C=O) groups is 1. The largest absolute Gasteiger partial charge is 0.280 e. The number of para-hydroxylation sites is 1. The molecule has 1 amide bonds. The quantitative estimate of drug-likeness (QED) is 0.519. The highest BCUT2D eigenvalue weighted by atomic mass is 16.1. The van der Waals surface area contributed by atoms with Gasteiger partial charge in [-0.05, 0) is 11.3 Å². The number of hydrogen-bond acceptors (Lipinski definition) is 2. The molecule has 1 heterocycles. The summed E-state index contributed by atoms with van der Waals surface area (Å²) in [4.78, 5) is 18.7. The van der Waals surface area contributed by atoms with E-state index in [2.05, 4.69) is 16.6 Å². The topological polar surface area (TPSA) is 41.8 Å². The summed E-state index contributed by atoms with van der Waals surface area (Å²) in [6.45, 7) is 3.76. The summed E-state index contributed by atoms with van der Waals surface area (Å²) in [6.07, 6.45) is 1.26. The molecule has 12 heavy (non-hydrogen) atoms. The summed E-state index contributed by atoms with van der Waals surface area (Å²) in [5.74, 6) is -0.245. The lowest BCUT2D eigenvalue weighted by atomic mass is 10.1. The summed E-state index contributed by atoms with van der Waals surface area (Å²) < 4.78 is 0. The Morgan fingerprint density at radius 2 is 2.17 bits per heavy atom. The van der Waals surface area contributed by atoms with Crippen LogP contribution in [0.1, 0.15) is 10.4 Å². The second-order valence-electron chi connectivity index (χ2n) is 2.49. The average molecular weight is 158 g/mol. The molecule has 1 aliphatic rings. The van der Waals surface area contributed by atoms with Gasteiger partial charge in [-0.1, -0.05) is 18.7 Å². The fourth-order valence-electron chi connectivity index (χ4n) is 1.12. The van der Waals surface area contributed by atoms with E-state index in [1.807, 2.05) is 6.07 Å². The van der Waals surface area contributed by atoms with Crippen LogP contribution in [0.25, 0.3) is 6.58 Å². The smallest absolute Gasteiger partial charge is 0.267 e. The molecule has 0 aromatic heterocycles. The van der Waals surface area contributed by atoms with Gasteiger partial charge in [-0.2, -0.15) is 4.99 Å². The van der Waals surface area contributed by atoms with Crippen molar-refractivity contribution in [2.45, 2.75) is 0 Å². The molecule has 0 unspecified atom stereocenters. The van der Waals surface area contributed by atoms with Gasteiger partial charge >= 0.3 is 0 Å². The van der Waals surface area contributed by atoms with Crippen LogP contribution < -0.4 is 10.6 Å². The lowest BCUT2D eigenvalue weighted by molar-refractivity contribution is 0.100. The van der Waals surface area contributed by atoms with Crippen LogP contribution in [0.2, 0.25) is 0 Å². The molecule has 0 saturated carbocycles. The standard InChI is InChI=1S/C9H6N2O/c1-6-3-2-4-7-8(6)10-5-11-9(7)12/h2-5H,1H2. The van der Waals surface area contributed by atoms with E-state index in [1.54, 1.807) is 12.1 Å². The molecule has 0 N–H and O–H groups in total. The van der Waals surface area contributed by atoms with Crippen molar-refractivity contribution >= 4 is 18.8 Å². The zero-order valence-electron chi connectivity index (χ0n) is 6.32. The second-order valence-corrected chi connectivity index (χ2v) is 2.49. The molecule has 0 radical (unpaired) electrons. The van der Waals surface area contributed by atoms with E-state index < -0.39 is 0 Å². The number of aliphatic imine (C=N–C) groups is 1. The first-order valence-corrected chi connectivity index (χ1v) is 3.52.